The summed E-state index contributed by atoms with van der Waals surface area (Å²) in [7, 11) is 0. The molecule has 0 aromatic heterocycles. The fourth-order valence-corrected chi connectivity index (χ4v) is 3.91. The molecule has 3 aromatic rings. The first-order valence-electron chi connectivity index (χ1n) is 12.5. The van der Waals surface area contributed by atoms with E-state index in [2.05, 4.69) is 20.9 Å². The summed E-state index contributed by atoms with van der Waals surface area (Å²) in [5.41, 5.74) is 18.3. The van der Waals surface area contributed by atoms with Gasteiger partial charge in [0.1, 0.15) is 12.1 Å². The number of anilines is 1. The number of nitrogens with one attached hydrogen (secondary N) is 3. The second kappa shape index (κ2) is 13.8. The van der Waals surface area contributed by atoms with Crippen molar-refractivity contribution in [3.05, 3.63) is 78.4 Å². The summed E-state index contributed by atoms with van der Waals surface area (Å²) < 4.78 is 0. The van der Waals surface area contributed by atoms with Gasteiger partial charge in [0.2, 0.25) is 17.7 Å². The summed E-state index contributed by atoms with van der Waals surface area (Å²) in [5, 5.41) is 10.3. The lowest BCUT2D eigenvalue weighted by Crippen LogP contribution is -2.54. The number of hydrogen-bond acceptors (Lipinski definition) is 5. The van der Waals surface area contributed by atoms with Gasteiger partial charge in [0, 0.05) is 12.2 Å². The third-order valence-corrected chi connectivity index (χ3v) is 5.98. The summed E-state index contributed by atoms with van der Waals surface area (Å²) in [5.74, 6) is -1.40. The second-order valence-electron chi connectivity index (χ2n) is 9.09. The molecule has 0 unspecified atom stereocenters. The minimum atomic E-state index is -0.905. The van der Waals surface area contributed by atoms with E-state index in [1.165, 1.54) is 0 Å². The van der Waals surface area contributed by atoms with Crippen molar-refractivity contribution in [2.45, 2.75) is 44.3 Å². The van der Waals surface area contributed by atoms with Crippen LogP contribution in [-0.4, -0.2) is 48.4 Å². The monoisotopic (exact) mass is 517 g/mol. The van der Waals surface area contributed by atoms with Crippen LogP contribution in [-0.2, 0) is 20.8 Å². The van der Waals surface area contributed by atoms with E-state index in [0.717, 1.165) is 16.3 Å². The lowest BCUT2D eigenvalue weighted by atomic mass is 10.1. The second-order valence-corrected chi connectivity index (χ2v) is 9.09. The zero-order valence-corrected chi connectivity index (χ0v) is 21.4. The minimum Gasteiger partial charge on any atom is -0.370 e. The maximum Gasteiger partial charge on any atom is 0.246 e. The Kier molecular flexibility index (Phi) is 10.2. The molecule has 38 heavy (non-hydrogen) atoms. The highest BCUT2D eigenvalue weighted by Gasteiger charge is 2.25. The first-order chi connectivity index (χ1) is 18.2. The van der Waals surface area contributed by atoms with Crippen LogP contribution in [0, 0.1) is 0 Å². The quantitative estimate of drug-likeness (QED) is 0.120. The topological polar surface area (TPSA) is 178 Å². The van der Waals surface area contributed by atoms with Gasteiger partial charge < -0.3 is 33.2 Å². The Morgan fingerprint density at radius 3 is 2.24 bits per heavy atom. The van der Waals surface area contributed by atoms with Gasteiger partial charge in [-0.3, -0.25) is 19.4 Å². The summed E-state index contributed by atoms with van der Waals surface area (Å²) >= 11 is 0. The molecule has 0 aliphatic rings. The van der Waals surface area contributed by atoms with Gasteiger partial charge in [-0.1, -0.05) is 60.7 Å². The standard InChI is InChI=1S/C28H35N7O3/c1-18(33-26(37)23(29)16-19-8-3-2-4-9-19)25(36)35-24(12-7-15-32-28(30)31)27(38)34-22-14-13-20-10-5-6-11-21(20)17-22/h2-6,8-11,13-14,17-18,23-24H,7,12,15-16,29H2,1H3,(H,33,37)(H,34,38)(H,35,36)(H4,30,31,32)/t18-,23-,24-/m0/s1. The van der Waals surface area contributed by atoms with E-state index in [4.69, 9.17) is 17.2 Å². The highest BCUT2D eigenvalue weighted by atomic mass is 16.2. The number of fused-ring (bicyclic) bond motifs is 1. The molecule has 3 amide bonds. The third kappa shape index (κ3) is 8.59. The van der Waals surface area contributed by atoms with Crippen molar-refractivity contribution in [2.24, 2.45) is 22.2 Å². The molecule has 0 saturated carbocycles. The fraction of sp³-hybridized carbons (Fsp3) is 0.286. The molecule has 0 aliphatic heterocycles. The zero-order valence-electron chi connectivity index (χ0n) is 21.4. The third-order valence-electron chi connectivity index (χ3n) is 5.98. The van der Waals surface area contributed by atoms with Gasteiger partial charge in [-0.15, -0.1) is 0 Å². The van der Waals surface area contributed by atoms with Crippen molar-refractivity contribution in [3.63, 3.8) is 0 Å². The van der Waals surface area contributed by atoms with Gasteiger partial charge in [-0.25, -0.2) is 0 Å². The number of rotatable bonds is 12. The van der Waals surface area contributed by atoms with Crippen LogP contribution in [0.3, 0.4) is 0 Å². The molecular weight excluding hydrogens is 482 g/mol. The summed E-state index contributed by atoms with van der Waals surface area (Å²) in [6.07, 6.45) is 1.08. The van der Waals surface area contributed by atoms with Crippen LogP contribution >= 0.6 is 0 Å². The maximum atomic E-state index is 13.2. The van der Waals surface area contributed by atoms with Gasteiger partial charge in [0.25, 0.3) is 0 Å². The van der Waals surface area contributed by atoms with Crippen LogP contribution in [0.25, 0.3) is 10.8 Å². The van der Waals surface area contributed by atoms with Gasteiger partial charge in [-0.2, -0.15) is 0 Å². The van der Waals surface area contributed by atoms with Crippen LogP contribution in [0.15, 0.2) is 77.8 Å². The average molecular weight is 518 g/mol. The lowest BCUT2D eigenvalue weighted by molar-refractivity contribution is -0.131. The molecule has 3 rings (SSSR count). The molecule has 0 radical (unpaired) electrons. The minimum absolute atomic E-state index is 0.0469. The Bertz CT molecular complexity index is 1280. The Hall–Kier alpha value is -4.44. The van der Waals surface area contributed by atoms with Gasteiger partial charge >= 0.3 is 0 Å². The molecule has 0 bridgehead atoms. The van der Waals surface area contributed by atoms with Crippen molar-refractivity contribution in [1.82, 2.24) is 10.6 Å². The summed E-state index contributed by atoms with van der Waals surface area (Å²) in [6.45, 7) is 1.85. The molecule has 0 fully saturated rings. The normalized spacial score (nSPS) is 13.1. The zero-order chi connectivity index (χ0) is 27.5. The van der Waals surface area contributed by atoms with E-state index in [0.29, 0.717) is 25.1 Å². The van der Waals surface area contributed by atoms with Crippen molar-refractivity contribution in [2.75, 3.05) is 11.9 Å². The summed E-state index contributed by atoms with van der Waals surface area (Å²) in [6, 6.07) is 20.1. The molecule has 9 N–H and O–H groups in total. The number of benzene rings is 3. The van der Waals surface area contributed by atoms with Gasteiger partial charge in [0.15, 0.2) is 5.96 Å². The van der Waals surface area contributed by atoms with Crippen molar-refractivity contribution in [1.29, 1.82) is 0 Å². The largest absolute Gasteiger partial charge is 0.370 e. The molecule has 200 valence electrons. The molecule has 3 atom stereocenters. The number of nitrogens with two attached hydrogens (primary N) is 3. The van der Waals surface area contributed by atoms with E-state index in [9.17, 15) is 14.4 Å². The number of nitrogens with zero attached hydrogens (tertiary/aromatic N) is 1. The van der Waals surface area contributed by atoms with Crippen molar-refractivity contribution in [3.8, 4) is 0 Å². The van der Waals surface area contributed by atoms with Crippen molar-refractivity contribution < 1.29 is 14.4 Å². The number of amides is 3. The molecule has 0 aliphatic carbocycles. The smallest absolute Gasteiger partial charge is 0.246 e. The van der Waals surface area contributed by atoms with E-state index < -0.39 is 35.8 Å². The lowest BCUT2D eigenvalue weighted by Gasteiger charge is -2.22. The van der Waals surface area contributed by atoms with Crippen LogP contribution in [0.1, 0.15) is 25.3 Å². The van der Waals surface area contributed by atoms with E-state index in [1.54, 1.807) is 13.0 Å². The van der Waals surface area contributed by atoms with Gasteiger partial charge in [-0.05, 0) is 54.7 Å². The van der Waals surface area contributed by atoms with Crippen LogP contribution < -0.4 is 33.2 Å². The van der Waals surface area contributed by atoms with Crippen molar-refractivity contribution >= 4 is 40.1 Å². The number of aliphatic imine (C=N–C) groups is 1. The molecular formula is C28H35N7O3. The Labute approximate surface area is 222 Å². The molecule has 10 nitrogen and oxygen atoms in total. The first kappa shape index (κ1) is 28.1. The fourth-order valence-electron chi connectivity index (χ4n) is 3.91. The predicted octanol–water partition coefficient (Wildman–Crippen LogP) is 1.39. The number of hydrogen-bond donors (Lipinski definition) is 6. The molecule has 10 heteroatoms. The molecule has 0 saturated heterocycles. The molecule has 0 heterocycles. The average Bonchev–Trinajstić information content (AvgIpc) is 2.90. The first-order valence-corrected chi connectivity index (χ1v) is 12.5. The van der Waals surface area contributed by atoms with Gasteiger partial charge in [0.05, 0.1) is 6.04 Å². The number of carbonyl (C=O) groups is 3. The highest BCUT2D eigenvalue weighted by molar-refractivity contribution is 6.00. The van der Waals surface area contributed by atoms with E-state index >= 15 is 0 Å². The maximum absolute atomic E-state index is 13.2. The Morgan fingerprint density at radius 1 is 0.842 bits per heavy atom. The van der Waals surface area contributed by atoms with Crippen LogP contribution in [0.2, 0.25) is 0 Å². The SMILES string of the molecule is C[C@H](NC(=O)[C@@H](N)Cc1ccccc1)C(=O)N[C@@H](CCCN=C(N)N)C(=O)Nc1ccc2ccccc2c1. The van der Waals surface area contributed by atoms with E-state index in [1.807, 2.05) is 66.7 Å². The van der Waals surface area contributed by atoms with E-state index in [-0.39, 0.29) is 12.4 Å². The molecule has 0 spiro atoms. The van der Waals surface area contributed by atoms with Crippen LogP contribution in [0.5, 0.6) is 0 Å². The Morgan fingerprint density at radius 2 is 1.53 bits per heavy atom. The number of carbonyl (C=O) groups excluding carboxylic acids is 3. The Balaban J connectivity index is 1.62. The van der Waals surface area contributed by atoms with Crippen LogP contribution in [0.4, 0.5) is 5.69 Å². The summed E-state index contributed by atoms with van der Waals surface area (Å²) in [4.78, 5) is 42.6. The highest BCUT2D eigenvalue weighted by Crippen LogP contribution is 2.19. The number of guanidine groups is 1. The molecule has 3 aromatic carbocycles. The predicted molar refractivity (Wildman–Crippen MR) is 150 cm³/mol.